The smallest absolute Gasteiger partial charge is 0.0882 e. The third-order valence-electron chi connectivity index (χ3n) is 4.34. The summed E-state index contributed by atoms with van der Waals surface area (Å²) in [6, 6.07) is 0. The zero-order valence-corrected chi connectivity index (χ0v) is 9.47. The van der Waals surface area contributed by atoms with Crippen LogP contribution in [0.25, 0.3) is 0 Å². The van der Waals surface area contributed by atoms with Crippen molar-refractivity contribution in [2.45, 2.75) is 64.4 Å². The summed E-state index contributed by atoms with van der Waals surface area (Å²) in [5, 5.41) is 10.6. The highest BCUT2D eigenvalue weighted by Crippen LogP contribution is 2.56. The Labute approximate surface area is 87.2 Å². The van der Waals surface area contributed by atoms with Crippen LogP contribution in [0.4, 0.5) is 0 Å². The molecule has 2 aliphatic carbocycles. The Morgan fingerprint density at radius 1 is 1.29 bits per heavy atom. The van der Waals surface area contributed by atoms with Crippen molar-refractivity contribution < 1.29 is 5.11 Å². The fourth-order valence-corrected chi connectivity index (χ4v) is 2.52. The molecule has 1 heteroatoms. The number of hydrogen-bond donors (Lipinski definition) is 1. The molecule has 0 amide bonds. The first-order valence-corrected chi connectivity index (χ1v) is 5.98. The van der Waals surface area contributed by atoms with Gasteiger partial charge in [0, 0.05) is 0 Å². The summed E-state index contributed by atoms with van der Waals surface area (Å²) < 4.78 is 0. The van der Waals surface area contributed by atoms with Crippen LogP contribution in [-0.4, -0.2) is 10.7 Å². The van der Waals surface area contributed by atoms with Crippen LogP contribution >= 0.6 is 0 Å². The zero-order valence-electron chi connectivity index (χ0n) is 9.47. The molecule has 14 heavy (non-hydrogen) atoms. The molecule has 1 saturated carbocycles. The summed E-state index contributed by atoms with van der Waals surface area (Å²) in [4.78, 5) is 0. The molecule has 0 aromatic carbocycles. The average molecular weight is 194 g/mol. The first kappa shape index (κ1) is 10.2. The van der Waals surface area contributed by atoms with Crippen LogP contribution in [0.5, 0.6) is 0 Å². The van der Waals surface area contributed by atoms with E-state index in [-0.39, 0.29) is 5.41 Å². The minimum absolute atomic E-state index is 0.184. The minimum atomic E-state index is -0.530. The Morgan fingerprint density at radius 2 is 2.00 bits per heavy atom. The van der Waals surface area contributed by atoms with E-state index in [0.29, 0.717) is 0 Å². The summed E-state index contributed by atoms with van der Waals surface area (Å²) >= 11 is 0. The first-order valence-electron chi connectivity index (χ1n) is 5.98. The van der Waals surface area contributed by atoms with E-state index in [1.807, 2.05) is 6.92 Å². The predicted octanol–water partition coefficient (Wildman–Crippen LogP) is 3.43. The Morgan fingerprint density at radius 3 is 2.64 bits per heavy atom. The molecule has 1 unspecified atom stereocenters. The first-order chi connectivity index (χ1) is 6.56. The van der Waals surface area contributed by atoms with Gasteiger partial charge in [0.15, 0.2) is 0 Å². The zero-order chi connectivity index (χ0) is 10.2. The molecule has 0 aromatic heterocycles. The number of rotatable bonds is 2. The molecule has 1 atom stereocenters. The third kappa shape index (κ3) is 1.63. The summed E-state index contributed by atoms with van der Waals surface area (Å²) in [6.07, 6.45) is 10.9. The van der Waals surface area contributed by atoms with Gasteiger partial charge in [-0.1, -0.05) is 19.4 Å². The molecule has 80 valence electrons. The molecule has 0 saturated heterocycles. The largest absolute Gasteiger partial charge is 0.385 e. The molecular formula is C13H22O. The van der Waals surface area contributed by atoms with Crippen molar-refractivity contribution in [2.24, 2.45) is 5.41 Å². The van der Waals surface area contributed by atoms with Crippen LogP contribution in [0.2, 0.25) is 0 Å². The molecule has 0 aliphatic heterocycles. The standard InChI is InChI=1S/C13H22O/c1-12(9-10-12)13(2,14)11-7-5-3-4-6-8-11/h7,14H,3-6,8-10H2,1-2H3. The lowest BCUT2D eigenvalue weighted by Gasteiger charge is -2.33. The Hall–Kier alpha value is -0.300. The van der Waals surface area contributed by atoms with Gasteiger partial charge < -0.3 is 5.11 Å². The monoisotopic (exact) mass is 194 g/mol. The molecule has 0 bridgehead atoms. The van der Waals surface area contributed by atoms with Crippen LogP contribution in [0.3, 0.4) is 0 Å². The lowest BCUT2D eigenvalue weighted by Crippen LogP contribution is -2.36. The van der Waals surface area contributed by atoms with Gasteiger partial charge in [0.25, 0.3) is 0 Å². The maximum atomic E-state index is 10.6. The molecule has 1 nitrogen and oxygen atoms in total. The van der Waals surface area contributed by atoms with Crippen LogP contribution in [0.1, 0.15) is 58.8 Å². The fraction of sp³-hybridized carbons (Fsp3) is 0.846. The Kier molecular flexibility index (Phi) is 2.46. The van der Waals surface area contributed by atoms with Gasteiger partial charge in [-0.2, -0.15) is 0 Å². The highest BCUT2D eigenvalue weighted by molar-refractivity contribution is 5.24. The summed E-state index contributed by atoms with van der Waals surface area (Å²) in [5.41, 5.74) is 0.968. The molecule has 0 radical (unpaired) electrons. The lowest BCUT2D eigenvalue weighted by molar-refractivity contribution is 0.0252. The van der Waals surface area contributed by atoms with E-state index in [4.69, 9.17) is 0 Å². The van der Waals surface area contributed by atoms with E-state index in [1.165, 1.54) is 44.1 Å². The van der Waals surface area contributed by atoms with Crippen molar-refractivity contribution in [1.29, 1.82) is 0 Å². The summed E-state index contributed by atoms with van der Waals surface area (Å²) in [7, 11) is 0. The van der Waals surface area contributed by atoms with Gasteiger partial charge in [-0.3, -0.25) is 0 Å². The highest BCUT2D eigenvalue weighted by atomic mass is 16.3. The van der Waals surface area contributed by atoms with E-state index in [1.54, 1.807) is 0 Å². The van der Waals surface area contributed by atoms with Crippen molar-refractivity contribution in [2.75, 3.05) is 0 Å². The van der Waals surface area contributed by atoms with Crippen molar-refractivity contribution in [1.82, 2.24) is 0 Å². The van der Waals surface area contributed by atoms with Crippen LogP contribution < -0.4 is 0 Å². The van der Waals surface area contributed by atoms with E-state index in [2.05, 4.69) is 13.0 Å². The van der Waals surface area contributed by atoms with E-state index >= 15 is 0 Å². The SMILES string of the molecule is CC1(C(C)(O)C2=CCCCCC2)CC1. The quantitative estimate of drug-likeness (QED) is 0.668. The van der Waals surface area contributed by atoms with E-state index < -0.39 is 5.60 Å². The number of hydrogen-bond acceptors (Lipinski definition) is 1. The molecule has 0 aromatic rings. The van der Waals surface area contributed by atoms with E-state index in [9.17, 15) is 5.11 Å². The van der Waals surface area contributed by atoms with Gasteiger partial charge in [-0.05, 0) is 56.4 Å². The van der Waals surface area contributed by atoms with Gasteiger partial charge in [0.05, 0.1) is 5.60 Å². The van der Waals surface area contributed by atoms with Crippen molar-refractivity contribution in [3.63, 3.8) is 0 Å². The summed E-state index contributed by atoms with van der Waals surface area (Å²) in [6.45, 7) is 4.25. The van der Waals surface area contributed by atoms with Crippen LogP contribution in [0, 0.1) is 5.41 Å². The second kappa shape index (κ2) is 3.37. The Balaban J connectivity index is 2.15. The van der Waals surface area contributed by atoms with Crippen molar-refractivity contribution in [3.8, 4) is 0 Å². The molecule has 0 heterocycles. The van der Waals surface area contributed by atoms with Crippen LogP contribution in [0.15, 0.2) is 11.6 Å². The minimum Gasteiger partial charge on any atom is -0.385 e. The predicted molar refractivity (Wildman–Crippen MR) is 59.1 cm³/mol. The highest BCUT2D eigenvalue weighted by Gasteiger charge is 2.53. The maximum absolute atomic E-state index is 10.6. The molecule has 1 fully saturated rings. The topological polar surface area (TPSA) is 20.2 Å². The Bertz CT molecular complexity index is 246. The molecule has 0 spiro atoms. The number of allylic oxidation sites excluding steroid dienone is 1. The van der Waals surface area contributed by atoms with E-state index in [0.717, 1.165) is 6.42 Å². The maximum Gasteiger partial charge on any atom is 0.0882 e. The molecule has 1 N–H and O–H groups in total. The third-order valence-corrected chi connectivity index (χ3v) is 4.34. The molecule has 2 rings (SSSR count). The van der Waals surface area contributed by atoms with Gasteiger partial charge in [0.1, 0.15) is 0 Å². The second-order valence-corrected chi connectivity index (χ2v) is 5.46. The van der Waals surface area contributed by atoms with Gasteiger partial charge >= 0.3 is 0 Å². The second-order valence-electron chi connectivity index (χ2n) is 5.46. The van der Waals surface area contributed by atoms with Gasteiger partial charge in [-0.25, -0.2) is 0 Å². The fourth-order valence-electron chi connectivity index (χ4n) is 2.52. The van der Waals surface area contributed by atoms with Crippen LogP contribution in [-0.2, 0) is 0 Å². The van der Waals surface area contributed by atoms with Crippen molar-refractivity contribution in [3.05, 3.63) is 11.6 Å². The molecule has 2 aliphatic rings. The average Bonchev–Trinajstić information content (AvgIpc) is 2.89. The van der Waals surface area contributed by atoms with Gasteiger partial charge in [-0.15, -0.1) is 0 Å². The van der Waals surface area contributed by atoms with Crippen molar-refractivity contribution >= 4 is 0 Å². The number of aliphatic hydroxyl groups is 1. The summed E-state index contributed by atoms with van der Waals surface area (Å²) in [5.74, 6) is 0. The molecular weight excluding hydrogens is 172 g/mol. The normalized spacial score (nSPS) is 30.1. The lowest BCUT2D eigenvalue weighted by atomic mass is 9.79. The van der Waals surface area contributed by atoms with Gasteiger partial charge in [0.2, 0.25) is 0 Å².